The van der Waals surface area contributed by atoms with Crippen LogP contribution in [0.5, 0.6) is 0 Å². The highest BCUT2D eigenvalue weighted by Crippen LogP contribution is 2.38. The smallest absolute Gasteiger partial charge is 0.248 e. The van der Waals surface area contributed by atoms with Gasteiger partial charge in [0.25, 0.3) is 0 Å². The fraction of sp³-hybridized carbons (Fsp3) is 0.684. The van der Waals surface area contributed by atoms with E-state index in [-0.39, 0.29) is 18.1 Å². The summed E-state index contributed by atoms with van der Waals surface area (Å²) in [5.74, 6) is 0.653. The van der Waals surface area contributed by atoms with Gasteiger partial charge in [-0.1, -0.05) is 0 Å². The van der Waals surface area contributed by atoms with Gasteiger partial charge in [-0.2, -0.15) is 0 Å². The van der Waals surface area contributed by atoms with Crippen molar-refractivity contribution in [3.63, 3.8) is 0 Å². The summed E-state index contributed by atoms with van der Waals surface area (Å²) in [6.45, 7) is 4.65. The molecule has 0 bridgehead atoms. The minimum absolute atomic E-state index is 0.0224. The van der Waals surface area contributed by atoms with E-state index in [0.717, 1.165) is 45.5 Å². The monoisotopic (exact) mass is 347 g/mol. The van der Waals surface area contributed by atoms with Gasteiger partial charge in [0.15, 0.2) is 0 Å². The van der Waals surface area contributed by atoms with Crippen molar-refractivity contribution in [3.8, 4) is 0 Å². The van der Waals surface area contributed by atoms with E-state index in [4.69, 9.17) is 9.47 Å². The number of pyridine rings is 1. The van der Waals surface area contributed by atoms with Gasteiger partial charge in [0.1, 0.15) is 6.61 Å². The number of ether oxygens (including phenoxy) is 2. The quantitative estimate of drug-likeness (QED) is 0.701. The van der Waals surface area contributed by atoms with Crippen molar-refractivity contribution in [2.45, 2.75) is 31.4 Å². The first-order chi connectivity index (χ1) is 12.1. The molecule has 2 aliphatic heterocycles. The molecular formula is C19H29N3O3. The number of hydrogen-bond acceptors (Lipinski definition) is 5. The zero-order chi connectivity index (χ0) is 17.7. The lowest BCUT2D eigenvalue weighted by Crippen LogP contribution is -2.64. The summed E-state index contributed by atoms with van der Waals surface area (Å²) >= 11 is 0. The molecule has 1 aromatic heterocycles. The first-order valence-electron chi connectivity index (χ1n) is 9.09. The van der Waals surface area contributed by atoms with Crippen LogP contribution in [0.2, 0.25) is 0 Å². The van der Waals surface area contributed by atoms with Gasteiger partial charge >= 0.3 is 0 Å². The van der Waals surface area contributed by atoms with Crippen LogP contribution in [-0.2, 0) is 20.8 Å². The number of carbonyl (C=O) groups is 1. The molecule has 2 saturated heterocycles. The second-order valence-electron chi connectivity index (χ2n) is 7.52. The van der Waals surface area contributed by atoms with Crippen LogP contribution in [0.3, 0.4) is 0 Å². The molecule has 2 fully saturated rings. The molecule has 138 valence electrons. The highest BCUT2D eigenvalue weighted by molar-refractivity contribution is 5.76. The number of likely N-dealkylation sites (N-methyl/N-ethyl adjacent to an activating group) is 1. The van der Waals surface area contributed by atoms with Crippen molar-refractivity contribution in [1.29, 1.82) is 0 Å². The SMILES string of the molecule is CN(C)C(=O)COCC[C@H]1CCOC2(C1)CN(Cc1ccncc1)C2. The molecule has 2 aliphatic rings. The summed E-state index contributed by atoms with van der Waals surface area (Å²) in [5, 5.41) is 0. The van der Waals surface area contributed by atoms with Crippen molar-refractivity contribution < 1.29 is 14.3 Å². The van der Waals surface area contributed by atoms with E-state index in [1.165, 1.54) is 5.56 Å². The third kappa shape index (κ3) is 5.00. The average molecular weight is 347 g/mol. The lowest BCUT2D eigenvalue weighted by atomic mass is 9.79. The van der Waals surface area contributed by atoms with Crippen LogP contribution >= 0.6 is 0 Å². The Hall–Kier alpha value is -1.50. The summed E-state index contributed by atoms with van der Waals surface area (Å²) in [5.41, 5.74) is 1.34. The topological polar surface area (TPSA) is 54.9 Å². The van der Waals surface area contributed by atoms with E-state index in [0.29, 0.717) is 12.5 Å². The van der Waals surface area contributed by atoms with Crippen molar-refractivity contribution in [1.82, 2.24) is 14.8 Å². The summed E-state index contributed by atoms with van der Waals surface area (Å²) < 4.78 is 11.7. The molecule has 0 aliphatic carbocycles. The van der Waals surface area contributed by atoms with E-state index >= 15 is 0 Å². The van der Waals surface area contributed by atoms with Crippen molar-refractivity contribution in [2.24, 2.45) is 5.92 Å². The molecule has 1 amide bonds. The number of likely N-dealkylation sites (tertiary alicyclic amines) is 1. The first kappa shape index (κ1) is 18.3. The Morgan fingerprint density at radius 2 is 2.16 bits per heavy atom. The second-order valence-corrected chi connectivity index (χ2v) is 7.52. The third-order valence-electron chi connectivity index (χ3n) is 5.17. The minimum Gasteiger partial charge on any atom is -0.372 e. The lowest BCUT2D eigenvalue weighted by molar-refractivity contribution is -0.182. The maximum Gasteiger partial charge on any atom is 0.248 e. The maximum atomic E-state index is 11.5. The second kappa shape index (κ2) is 8.25. The molecular weight excluding hydrogens is 318 g/mol. The summed E-state index contributed by atoms with van der Waals surface area (Å²) in [4.78, 5) is 19.6. The molecule has 6 nitrogen and oxygen atoms in total. The van der Waals surface area contributed by atoms with Crippen LogP contribution in [0.15, 0.2) is 24.5 Å². The van der Waals surface area contributed by atoms with Gasteiger partial charge in [-0.25, -0.2) is 0 Å². The van der Waals surface area contributed by atoms with Crippen molar-refractivity contribution >= 4 is 5.91 Å². The fourth-order valence-corrected chi connectivity index (χ4v) is 3.76. The van der Waals surface area contributed by atoms with E-state index in [9.17, 15) is 4.79 Å². The molecule has 0 aromatic carbocycles. The van der Waals surface area contributed by atoms with E-state index < -0.39 is 0 Å². The highest BCUT2D eigenvalue weighted by atomic mass is 16.5. The number of carbonyl (C=O) groups excluding carboxylic acids is 1. The van der Waals surface area contributed by atoms with Crippen molar-refractivity contribution in [3.05, 3.63) is 30.1 Å². The van der Waals surface area contributed by atoms with E-state index in [1.807, 2.05) is 12.4 Å². The molecule has 0 unspecified atom stereocenters. The van der Waals surface area contributed by atoms with Gasteiger partial charge in [-0.05, 0) is 42.9 Å². The Kier molecular flexibility index (Phi) is 6.04. The van der Waals surface area contributed by atoms with Gasteiger partial charge in [-0.15, -0.1) is 0 Å². The van der Waals surface area contributed by atoms with E-state index in [1.54, 1.807) is 19.0 Å². The van der Waals surface area contributed by atoms with Gasteiger partial charge in [0.2, 0.25) is 5.91 Å². The molecule has 0 N–H and O–H groups in total. The number of hydrogen-bond donors (Lipinski definition) is 0. The standard InChI is InChI=1S/C19H29N3O3/c1-21(2)18(23)13-24-9-5-16-6-10-25-19(11-16)14-22(15-19)12-17-3-7-20-8-4-17/h3-4,7-8,16H,5-6,9-15H2,1-2H3/t16-/m0/s1. The summed E-state index contributed by atoms with van der Waals surface area (Å²) in [6, 6.07) is 4.14. The number of nitrogens with zero attached hydrogens (tertiary/aromatic N) is 3. The Morgan fingerprint density at radius 1 is 1.40 bits per heavy atom. The first-order valence-corrected chi connectivity index (χ1v) is 9.09. The molecule has 0 radical (unpaired) electrons. The van der Waals surface area contributed by atoms with Gasteiger partial charge in [0, 0.05) is 59.3 Å². The third-order valence-corrected chi connectivity index (χ3v) is 5.17. The largest absolute Gasteiger partial charge is 0.372 e. The predicted molar refractivity (Wildman–Crippen MR) is 95.1 cm³/mol. The van der Waals surface area contributed by atoms with E-state index in [2.05, 4.69) is 22.0 Å². The maximum absolute atomic E-state index is 11.5. The molecule has 0 saturated carbocycles. The van der Waals surface area contributed by atoms with Crippen LogP contribution in [0.4, 0.5) is 0 Å². The number of amides is 1. The van der Waals surface area contributed by atoms with Crippen LogP contribution in [0.1, 0.15) is 24.8 Å². The Bertz CT molecular complexity index is 558. The molecule has 1 atom stereocenters. The van der Waals surface area contributed by atoms with Crippen molar-refractivity contribution in [2.75, 3.05) is 47.0 Å². The zero-order valence-corrected chi connectivity index (χ0v) is 15.3. The Morgan fingerprint density at radius 3 is 2.88 bits per heavy atom. The number of rotatable bonds is 7. The molecule has 3 rings (SSSR count). The van der Waals surface area contributed by atoms with Gasteiger partial charge in [0.05, 0.1) is 5.60 Å². The molecule has 1 aromatic rings. The minimum atomic E-state index is 0.0224. The zero-order valence-electron chi connectivity index (χ0n) is 15.3. The van der Waals surface area contributed by atoms with Crippen LogP contribution in [0.25, 0.3) is 0 Å². The fourth-order valence-electron chi connectivity index (χ4n) is 3.76. The normalized spacial score (nSPS) is 22.6. The Balaban J connectivity index is 1.37. The van der Waals surface area contributed by atoms with Gasteiger partial charge < -0.3 is 14.4 Å². The highest BCUT2D eigenvalue weighted by Gasteiger charge is 2.47. The molecule has 6 heteroatoms. The van der Waals surface area contributed by atoms with Gasteiger partial charge in [-0.3, -0.25) is 14.7 Å². The predicted octanol–water partition coefficient (Wildman–Crippen LogP) is 1.56. The summed E-state index contributed by atoms with van der Waals surface area (Å²) in [7, 11) is 3.50. The van der Waals surface area contributed by atoms with Crippen LogP contribution in [0, 0.1) is 5.92 Å². The molecule has 3 heterocycles. The lowest BCUT2D eigenvalue weighted by Gasteiger charge is -2.53. The summed E-state index contributed by atoms with van der Waals surface area (Å²) in [6.07, 6.45) is 6.90. The van der Waals surface area contributed by atoms with Crippen LogP contribution < -0.4 is 0 Å². The average Bonchev–Trinajstić information content (AvgIpc) is 2.58. The molecule has 25 heavy (non-hydrogen) atoms. The Labute approximate surface area is 150 Å². The van der Waals surface area contributed by atoms with Crippen LogP contribution in [-0.4, -0.2) is 73.3 Å². The molecule has 1 spiro atoms. The number of aromatic nitrogens is 1.